The molecule has 1 N–H and O–H groups in total. The Morgan fingerprint density at radius 2 is 1.76 bits per heavy atom. The van der Waals surface area contributed by atoms with Crippen LogP contribution in [0.15, 0.2) is 66.1 Å². The molecule has 4 rings (SSSR count). The lowest BCUT2D eigenvalue weighted by Gasteiger charge is -2.12. The first kappa shape index (κ1) is 23.1. The first-order valence-electron chi connectivity index (χ1n) is 10.4. The molecule has 0 fully saturated rings. The molecular weight excluding hydrogens is 452 g/mol. The second-order valence-corrected chi connectivity index (χ2v) is 8.68. The summed E-state index contributed by atoms with van der Waals surface area (Å²) < 4.78 is 1.93. The Hall–Kier alpha value is -4.05. The highest BCUT2D eigenvalue weighted by atomic mass is 32.2. The Morgan fingerprint density at radius 1 is 1.00 bits per heavy atom. The number of carbonyl (C=O) groups is 1. The van der Waals surface area contributed by atoms with Crippen molar-refractivity contribution in [3.8, 4) is 17.1 Å². The zero-order valence-electron chi connectivity index (χ0n) is 18.8. The van der Waals surface area contributed by atoms with Crippen LogP contribution in [0.3, 0.4) is 0 Å². The third kappa shape index (κ3) is 4.96. The second-order valence-electron chi connectivity index (χ2n) is 7.74. The number of pyridine rings is 1. The molecule has 2 aromatic carbocycles. The smallest absolute Gasteiger partial charge is 0.269 e. The third-order valence-electron chi connectivity index (χ3n) is 5.35. The van der Waals surface area contributed by atoms with Gasteiger partial charge in [-0.3, -0.25) is 24.5 Å². The van der Waals surface area contributed by atoms with Crippen molar-refractivity contribution < 1.29 is 9.72 Å². The minimum atomic E-state index is -0.464. The van der Waals surface area contributed by atoms with Gasteiger partial charge in [-0.25, -0.2) is 0 Å². The number of nitro groups is 1. The number of nitrogens with zero attached hydrogens (tertiary/aromatic N) is 5. The van der Waals surface area contributed by atoms with Gasteiger partial charge in [-0.15, -0.1) is 10.2 Å². The van der Waals surface area contributed by atoms with Crippen LogP contribution >= 0.6 is 11.8 Å². The SMILES string of the molecule is Cc1ccc(-n2c(SCC(=O)Nc3ccc([N+](=O)[O-])cc3C)nnc2-c2ccncc2)cc1C. The molecule has 9 nitrogen and oxygen atoms in total. The minimum absolute atomic E-state index is 0.0185. The molecule has 0 atom stereocenters. The van der Waals surface area contributed by atoms with Gasteiger partial charge in [0.05, 0.1) is 16.4 Å². The number of benzene rings is 2. The monoisotopic (exact) mass is 474 g/mol. The van der Waals surface area contributed by atoms with Crippen molar-refractivity contribution in [2.45, 2.75) is 25.9 Å². The van der Waals surface area contributed by atoms with Crippen molar-refractivity contribution in [3.63, 3.8) is 0 Å². The highest BCUT2D eigenvalue weighted by Gasteiger charge is 2.18. The molecule has 0 spiro atoms. The van der Waals surface area contributed by atoms with Crippen molar-refractivity contribution >= 4 is 29.0 Å². The summed E-state index contributed by atoms with van der Waals surface area (Å²) in [6.07, 6.45) is 3.39. The molecule has 0 aliphatic carbocycles. The predicted molar refractivity (Wildman–Crippen MR) is 131 cm³/mol. The molecule has 2 aromatic heterocycles. The lowest BCUT2D eigenvalue weighted by atomic mass is 10.1. The van der Waals surface area contributed by atoms with Crippen LogP contribution in [0.25, 0.3) is 17.1 Å². The van der Waals surface area contributed by atoms with Crippen molar-refractivity contribution in [2.24, 2.45) is 0 Å². The molecule has 1 amide bonds. The van der Waals surface area contributed by atoms with E-state index in [-0.39, 0.29) is 17.3 Å². The number of rotatable bonds is 7. The van der Waals surface area contributed by atoms with Gasteiger partial charge in [0.25, 0.3) is 5.69 Å². The minimum Gasteiger partial charge on any atom is -0.325 e. The Kier molecular flexibility index (Phi) is 6.69. The number of aromatic nitrogens is 4. The van der Waals surface area contributed by atoms with Gasteiger partial charge in [-0.1, -0.05) is 17.8 Å². The summed E-state index contributed by atoms with van der Waals surface area (Å²) in [5, 5.41) is 23.1. The van der Waals surface area contributed by atoms with Crippen molar-refractivity contribution in [3.05, 3.63) is 87.7 Å². The van der Waals surface area contributed by atoms with Gasteiger partial charge >= 0.3 is 0 Å². The maximum Gasteiger partial charge on any atom is 0.269 e. The Labute approximate surface area is 200 Å². The fourth-order valence-corrected chi connectivity index (χ4v) is 4.12. The highest BCUT2D eigenvalue weighted by molar-refractivity contribution is 7.99. The number of hydrogen-bond donors (Lipinski definition) is 1. The van der Waals surface area contributed by atoms with Crippen molar-refractivity contribution in [2.75, 3.05) is 11.1 Å². The van der Waals surface area contributed by atoms with Gasteiger partial charge in [-0.05, 0) is 67.8 Å². The van der Waals surface area contributed by atoms with E-state index in [9.17, 15) is 14.9 Å². The average Bonchev–Trinajstić information content (AvgIpc) is 3.25. The highest BCUT2D eigenvalue weighted by Crippen LogP contribution is 2.29. The maximum absolute atomic E-state index is 12.6. The summed E-state index contributed by atoms with van der Waals surface area (Å²) in [6, 6.07) is 14.2. The molecule has 2 heterocycles. The van der Waals surface area contributed by atoms with E-state index in [1.807, 2.05) is 35.8 Å². The van der Waals surface area contributed by atoms with Crippen molar-refractivity contribution in [1.29, 1.82) is 0 Å². The quantitative estimate of drug-likeness (QED) is 0.230. The van der Waals surface area contributed by atoms with Crippen LogP contribution in [0.1, 0.15) is 16.7 Å². The van der Waals surface area contributed by atoms with E-state index in [4.69, 9.17) is 0 Å². The first-order chi connectivity index (χ1) is 16.3. The van der Waals surface area contributed by atoms with E-state index < -0.39 is 4.92 Å². The summed E-state index contributed by atoms with van der Waals surface area (Å²) >= 11 is 1.26. The van der Waals surface area contributed by atoms with Crippen LogP contribution in [-0.4, -0.2) is 36.3 Å². The number of amides is 1. The van der Waals surface area contributed by atoms with Gasteiger partial charge in [0, 0.05) is 35.8 Å². The number of hydrogen-bond acceptors (Lipinski definition) is 7. The van der Waals surface area contributed by atoms with Gasteiger partial charge in [0.2, 0.25) is 5.91 Å². The zero-order valence-corrected chi connectivity index (χ0v) is 19.7. The molecule has 0 aliphatic rings. The average molecular weight is 475 g/mol. The standard InChI is InChI=1S/C24H22N6O3S/c1-15-4-5-19(12-16(15)2)29-23(18-8-10-25-11-9-18)27-28-24(29)34-14-22(31)26-21-7-6-20(30(32)33)13-17(21)3/h4-13H,14H2,1-3H3,(H,26,31). The number of carbonyl (C=O) groups excluding carboxylic acids is 1. The molecule has 0 saturated heterocycles. The molecule has 172 valence electrons. The summed E-state index contributed by atoms with van der Waals surface area (Å²) in [5.41, 5.74) is 5.20. The predicted octanol–water partition coefficient (Wildman–Crippen LogP) is 4.89. The number of anilines is 1. The Bertz CT molecular complexity index is 1370. The molecule has 0 unspecified atom stereocenters. The van der Waals surface area contributed by atoms with E-state index in [0.29, 0.717) is 22.2 Å². The van der Waals surface area contributed by atoms with E-state index in [1.54, 1.807) is 19.3 Å². The van der Waals surface area contributed by atoms with Gasteiger partial charge in [0.15, 0.2) is 11.0 Å². The van der Waals surface area contributed by atoms with Crippen LogP contribution in [0.5, 0.6) is 0 Å². The van der Waals surface area contributed by atoms with E-state index in [2.05, 4.69) is 33.5 Å². The number of nitro benzene ring substituents is 1. The van der Waals surface area contributed by atoms with E-state index in [1.165, 1.54) is 35.5 Å². The largest absolute Gasteiger partial charge is 0.325 e. The Morgan fingerprint density at radius 3 is 2.44 bits per heavy atom. The molecule has 10 heteroatoms. The molecule has 0 aliphatic heterocycles. The molecule has 0 bridgehead atoms. The van der Waals surface area contributed by atoms with E-state index in [0.717, 1.165) is 16.8 Å². The third-order valence-corrected chi connectivity index (χ3v) is 6.28. The molecule has 0 saturated carbocycles. The summed E-state index contributed by atoms with van der Waals surface area (Å²) in [7, 11) is 0. The molecule has 0 radical (unpaired) electrons. The second kappa shape index (κ2) is 9.84. The summed E-state index contributed by atoms with van der Waals surface area (Å²) in [4.78, 5) is 27.2. The summed E-state index contributed by atoms with van der Waals surface area (Å²) in [6.45, 7) is 5.81. The lowest BCUT2D eigenvalue weighted by Crippen LogP contribution is -2.15. The number of thioether (sulfide) groups is 1. The zero-order chi connectivity index (χ0) is 24.2. The van der Waals surface area contributed by atoms with Crippen molar-refractivity contribution in [1.82, 2.24) is 19.7 Å². The van der Waals surface area contributed by atoms with Gasteiger partial charge in [-0.2, -0.15) is 0 Å². The van der Waals surface area contributed by atoms with Crippen LogP contribution < -0.4 is 5.32 Å². The van der Waals surface area contributed by atoms with E-state index >= 15 is 0 Å². The van der Waals surface area contributed by atoms with Crippen LogP contribution in [0.4, 0.5) is 11.4 Å². The normalized spacial score (nSPS) is 10.8. The molecular formula is C24H22N6O3S. The topological polar surface area (TPSA) is 116 Å². The lowest BCUT2D eigenvalue weighted by molar-refractivity contribution is -0.384. The Balaban J connectivity index is 1.58. The molecule has 34 heavy (non-hydrogen) atoms. The fourth-order valence-electron chi connectivity index (χ4n) is 3.37. The van der Waals surface area contributed by atoms with Crippen LogP contribution in [-0.2, 0) is 4.79 Å². The number of non-ortho nitro benzene ring substituents is 1. The van der Waals surface area contributed by atoms with Gasteiger partial charge < -0.3 is 5.32 Å². The van der Waals surface area contributed by atoms with Crippen LogP contribution in [0.2, 0.25) is 0 Å². The number of aryl methyl sites for hydroxylation is 3. The van der Waals surface area contributed by atoms with Crippen LogP contribution in [0, 0.1) is 30.9 Å². The first-order valence-corrected chi connectivity index (χ1v) is 11.4. The number of nitrogens with one attached hydrogen (secondary N) is 1. The maximum atomic E-state index is 12.6. The fraction of sp³-hybridized carbons (Fsp3) is 0.167. The molecule has 4 aromatic rings. The van der Waals surface area contributed by atoms with Gasteiger partial charge in [0.1, 0.15) is 0 Å². The summed E-state index contributed by atoms with van der Waals surface area (Å²) in [5.74, 6) is 0.497.